The summed E-state index contributed by atoms with van der Waals surface area (Å²) in [5, 5.41) is 0. The first kappa shape index (κ1) is 17.7. The number of hydrogen-bond donors (Lipinski definition) is 1. The Bertz CT molecular complexity index is 414. The quantitative estimate of drug-likeness (QED) is 0.795. The third kappa shape index (κ3) is 4.85. The van der Waals surface area contributed by atoms with Crippen LogP contribution in [0.15, 0.2) is 30.3 Å². The predicted octanol–water partition coefficient (Wildman–Crippen LogP) is 3.61. The number of amides is 1. The van der Waals surface area contributed by atoms with E-state index < -0.39 is 0 Å². The molecule has 0 spiro atoms. The maximum absolute atomic E-state index is 12.7. The molecule has 2 atom stereocenters. The van der Waals surface area contributed by atoms with E-state index in [1.54, 1.807) is 0 Å². The standard InChI is InChI=1S/C18H30N2O/c1-5-15(6-2)13-20(7-3)18(21)14(4)17(19)16-11-9-8-10-12-16/h8-12,14-15,17H,5-7,13,19H2,1-4H3. The van der Waals surface area contributed by atoms with Crippen LogP contribution in [0.5, 0.6) is 0 Å². The number of hydrogen-bond acceptors (Lipinski definition) is 2. The van der Waals surface area contributed by atoms with Crippen molar-refractivity contribution in [3.05, 3.63) is 35.9 Å². The van der Waals surface area contributed by atoms with E-state index in [1.807, 2.05) is 49.1 Å². The van der Waals surface area contributed by atoms with Crippen LogP contribution in [0.25, 0.3) is 0 Å². The molecule has 0 aliphatic rings. The Labute approximate surface area is 129 Å². The van der Waals surface area contributed by atoms with Crippen molar-refractivity contribution in [3.63, 3.8) is 0 Å². The molecule has 1 rings (SSSR count). The first-order valence-electron chi connectivity index (χ1n) is 8.14. The molecule has 2 unspecified atom stereocenters. The van der Waals surface area contributed by atoms with Gasteiger partial charge in [-0.1, -0.05) is 63.9 Å². The molecular formula is C18H30N2O. The summed E-state index contributed by atoms with van der Waals surface area (Å²) in [5.74, 6) is 0.552. The van der Waals surface area contributed by atoms with Gasteiger partial charge in [0.25, 0.3) is 0 Å². The minimum absolute atomic E-state index is 0.167. The third-order valence-electron chi connectivity index (χ3n) is 4.44. The largest absolute Gasteiger partial charge is 0.342 e. The van der Waals surface area contributed by atoms with E-state index in [9.17, 15) is 4.79 Å². The number of carbonyl (C=O) groups is 1. The van der Waals surface area contributed by atoms with E-state index in [1.165, 1.54) is 0 Å². The fourth-order valence-electron chi connectivity index (χ4n) is 2.64. The normalized spacial score (nSPS) is 14.0. The second-order valence-electron chi connectivity index (χ2n) is 5.78. The first-order valence-corrected chi connectivity index (χ1v) is 8.14. The van der Waals surface area contributed by atoms with Gasteiger partial charge in [-0.05, 0) is 18.4 Å². The average Bonchev–Trinajstić information content (AvgIpc) is 2.55. The van der Waals surface area contributed by atoms with E-state index in [4.69, 9.17) is 5.73 Å². The maximum atomic E-state index is 12.7. The van der Waals surface area contributed by atoms with Crippen molar-refractivity contribution in [3.8, 4) is 0 Å². The molecule has 21 heavy (non-hydrogen) atoms. The van der Waals surface area contributed by atoms with Gasteiger partial charge in [0.15, 0.2) is 0 Å². The monoisotopic (exact) mass is 290 g/mol. The molecular weight excluding hydrogens is 260 g/mol. The smallest absolute Gasteiger partial charge is 0.227 e. The highest BCUT2D eigenvalue weighted by atomic mass is 16.2. The van der Waals surface area contributed by atoms with E-state index >= 15 is 0 Å². The van der Waals surface area contributed by atoms with Gasteiger partial charge in [-0.2, -0.15) is 0 Å². The summed E-state index contributed by atoms with van der Waals surface area (Å²) in [4.78, 5) is 14.7. The van der Waals surface area contributed by atoms with Gasteiger partial charge in [0.05, 0.1) is 5.92 Å². The zero-order chi connectivity index (χ0) is 15.8. The highest BCUT2D eigenvalue weighted by molar-refractivity contribution is 5.79. The zero-order valence-corrected chi connectivity index (χ0v) is 13.9. The van der Waals surface area contributed by atoms with Crippen molar-refractivity contribution in [2.24, 2.45) is 17.6 Å². The maximum Gasteiger partial charge on any atom is 0.227 e. The molecule has 2 N–H and O–H groups in total. The Morgan fingerprint density at radius 2 is 1.71 bits per heavy atom. The van der Waals surface area contributed by atoms with Crippen LogP contribution >= 0.6 is 0 Å². The summed E-state index contributed by atoms with van der Waals surface area (Å²) in [6.45, 7) is 9.95. The Balaban J connectivity index is 2.75. The van der Waals surface area contributed by atoms with Gasteiger partial charge in [0.2, 0.25) is 5.91 Å². The summed E-state index contributed by atoms with van der Waals surface area (Å²) < 4.78 is 0. The van der Waals surface area contributed by atoms with Crippen LogP contribution in [0.3, 0.4) is 0 Å². The molecule has 0 saturated carbocycles. The summed E-state index contributed by atoms with van der Waals surface area (Å²) in [7, 11) is 0. The zero-order valence-electron chi connectivity index (χ0n) is 13.9. The molecule has 3 heteroatoms. The Morgan fingerprint density at radius 1 is 1.14 bits per heavy atom. The van der Waals surface area contributed by atoms with Crippen LogP contribution in [0, 0.1) is 11.8 Å². The van der Waals surface area contributed by atoms with Gasteiger partial charge in [-0.25, -0.2) is 0 Å². The molecule has 0 bridgehead atoms. The van der Waals surface area contributed by atoms with Crippen molar-refractivity contribution in [1.82, 2.24) is 4.90 Å². The van der Waals surface area contributed by atoms with Crippen molar-refractivity contribution >= 4 is 5.91 Å². The third-order valence-corrected chi connectivity index (χ3v) is 4.44. The van der Waals surface area contributed by atoms with Gasteiger partial charge in [-0.3, -0.25) is 4.79 Å². The van der Waals surface area contributed by atoms with E-state index in [2.05, 4.69) is 13.8 Å². The number of carbonyl (C=O) groups excluding carboxylic acids is 1. The van der Waals surface area contributed by atoms with Crippen LogP contribution in [0.4, 0.5) is 0 Å². The van der Waals surface area contributed by atoms with Crippen LogP contribution < -0.4 is 5.73 Å². The minimum atomic E-state index is -0.241. The highest BCUT2D eigenvalue weighted by Gasteiger charge is 2.26. The molecule has 1 amide bonds. The molecule has 1 aromatic carbocycles. The van der Waals surface area contributed by atoms with Crippen LogP contribution in [0.2, 0.25) is 0 Å². The fraction of sp³-hybridized carbons (Fsp3) is 0.611. The average molecular weight is 290 g/mol. The summed E-state index contributed by atoms with van der Waals surface area (Å²) >= 11 is 0. The lowest BCUT2D eigenvalue weighted by Crippen LogP contribution is -2.41. The predicted molar refractivity (Wildman–Crippen MR) is 88.9 cm³/mol. The van der Waals surface area contributed by atoms with Gasteiger partial charge in [0, 0.05) is 19.1 Å². The molecule has 118 valence electrons. The topological polar surface area (TPSA) is 46.3 Å². The molecule has 0 aromatic heterocycles. The Hall–Kier alpha value is -1.35. The first-order chi connectivity index (χ1) is 10.0. The second-order valence-corrected chi connectivity index (χ2v) is 5.78. The van der Waals surface area contributed by atoms with Crippen LogP contribution in [-0.4, -0.2) is 23.9 Å². The van der Waals surface area contributed by atoms with Crippen molar-refractivity contribution in [2.75, 3.05) is 13.1 Å². The fourth-order valence-corrected chi connectivity index (χ4v) is 2.64. The van der Waals surface area contributed by atoms with Crippen molar-refractivity contribution in [2.45, 2.75) is 46.6 Å². The lowest BCUT2D eigenvalue weighted by molar-refractivity contribution is -0.136. The minimum Gasteiger partial charge on any atom is -0.342 e. The lowest BCUT2D eigenvalue weighted by Gasteiger charge is -2.30. The van der Waals surface area contributed by atoms with Gasteiger partial charge in [-0.15, -0.1) is 0 Å². The summed E-state index contributed by atoms with van der Waals surface area (Å²) in [6.07, 6.45) is 2.22. The summed E-state index contributed by atoms with van der Waals surface area (Å²) in [5.41, 5.74) is 7.31. The highest BCUT2D eigenvalue weighted by Crippen LogP contribution is 2.22. The van der Waals surface area contributed by atoms with Gasteiger partial charge >= 0.3 is 0 Å². The molecule has 1 aromatic rings. The van der Waals surface area contributed by atoms with Crippen LogP contribution in [-0.2, 0) is 4.79 Å². The van der Waals surface area contributed by atoms with Crippen molar-refractivity contribution < 1.29 is 4.79 Å². The Morgan fingerprint density at radius 3 is 2.19 bits per heavy atom. The second kappa shape index (κ2) is 8.83. The summed E-state index contributed by atoms with van der Waals surface area (Å²) in [6, 6.07) is 9.64. The molecule has 0 radical (unpaired) electrons. The van der Waals surface area contributed by atoms with Gasteiger partial charge < -0.3 is 10.6 Å². The molecule has 3 nitrogen and oxygen atoms in total. The Kier molecular flexibility index (Phi) is 7.44. The SMILES string of the molecule is CCC(CC)CN(CC)C(=O)C(C)C(N)c1ccccc1. The van der Waals surface area contributed by atoms with E-state index in [0.717, 1.165) is 31.5 Å². The molecule has 0 saturated heterocycles. The molecule has 0 heterocycles. The van der Waals surface area contributed by atoms with Gasteiger partial charge in [0.1, 0.15) is 0 Å². The van der Waals surface area contributed by atoms with E-state index in [-0.39, 0.29) is 17.9 Å². The molecule has 0 aliphatic carbocycles. The van der Waals surface area contributed by atoms with Crippen molar-refractivity contribution in [1.29, 1.82) is 0 Å². The number of nitrogens with zero attached hydrogens (tertiary/aromatic N) is 1. The van der Waals surface area contributed by atoms with E-state index in [0.29, 0.717) is 5.92 Å². The lowest BCUT2D eigenvalue weighted by atomic mass is 9.93. The molecule has 0 fully saturated rings. The number of rotatable bonds is 8. The molecule has 0 aliphatic heterocycles. The number of benzene rings is 1. The van der Waals surface area contributed by atoms with Crippen LogP contribution in [0.1, 0.15) is 52.1 Å². The number of nitrogens with two attached hydrogens (primary N) is 1.